The SMILES string of the molecule is O=C(Nc1nnc(SCc2ccccc2)s1)C1CC(=O)N(c2ccc(F)c(F)c2)C1. The number of hydrogen-bond acceptors (Lipinski definition) is 6. The van der Waals surface area contributed by atoms with Gasteiger partial charge in [-0.05, 0) is 17.7 Å². The summed E-state index contributed by atoms with van der Waals surface area (Å²) in [6.07, 6.45) is -0.0146. The van der Waals surface area contributed by atoms with Crippen LogP contribution in [0.4, 0.5) is 19.6 Å². The second kappa shape index (κ2) is 8.88. The van der Waals surface area contributed by atoms with Crippen LogP contribution in [0.2, 0.25) is 0 Å². The molecule has 2 amide bonds. The number of nitrogens with one attached hydrogen (secondary N) is 1. The minimum atomic E-state index is -1.04. The van der Waals surface area contributed by atoms with Crippen LogP contribution in [0.15, 0.2) is 52.9 Å². The molecule has 2 aromatic carbocycles. The Labute approximate surface area is 179 Å². The number of aromatic nitrogens is 2. The highest BCUT2D eigenvalue weighted by Crippen LogP contribution is 2.30. The van der Waals surface area contributed by atoms with Gasteiger partial charge in [0.05, 0.1) is 5.92 Å². The fourth-order valence-corrected chi connectivity index (χ4v) is 4.74. The molecule has 4 rings (SSSR count). The molecule has 0 aliphatic carbocycles. The van der Waals surface area contributed by atoms with Crippen molar-refractivity contribution in [2.24, 2.45) is 5.92 Å². The van der Waals surface area contributed by atoms with Crippen LogP contribution in [0.1, 0.15) is 12.0 Å². The van der Waals surface area contributed by atoms with Gasteiger partial charge in [-0.3, -0.25) is 9.59 Å². The molecule has 30 heavy (non-hydrogen) atoms. The predicted molar refractivity (Wildman–Crippen MR) is 111 cm³/mol. The monoisotopic (exact) mass is 446 g/mol. The summed E-state index contributed by atoms with van der Waals surface area (Å²) in [4.78, 5) is 26.1. The molecule has 1 unspecified atom stereocenters. The van der Waals surface area contributed by atoms with E-state index in [1.807, 2.05) is 30.3 Å². The van der Waals surface area contributed by atoms with Crippen molar-refractivity contribution in [1.82, 2.24) is 10.2 Å². The standard InChI is InChI=1S/C20H16F2N4O2S2/c21-15-7-6-14(9-16(15)22)26-10-13(8-17(26)27)18(28)23-19-24-25-20(30-19)29-11-12-4-2-1-3-5-12/h1-7,9,13H,8,10-11H2,(H,23,24,28). The third-order valence-corrected chi connectivity index (χ3v) is 6.60. The number of nitrogens with zero attached hydrogens (tertiary/aromatic N) is 3. The summed E-state index contributed by atoms with van der Waals surface area (Å²) in [5.41, 5.74) is 1.38. The minimum absolute atomic E-state index is 0.0146. The van der Waals surface area contributed by atoms with Gasteiger partial charge >= 0.3 is 0 Å². The van der Waals surface area contributed by atoms with Crippen molar-refractivity contribution in [1.29, 1.82) is 0 Å². The van der Waals surface area contributed by atoms with Crippen molar-refractivity contribution in [3.8, 4) is 0 Å². The largest absolute Gasteiger partial charge is 0.311 e. The van der Waals surface area contributed by atoms with E-state index in [2.05, 4.69) is 15.5 Å². The Kier molecular flexibility index (Phi) is 6.05. The first-order chi connectivity index (χ1) is 14.5. The lowest BCUT2D eigenvalue weighted by molar-refractivity contribution is -0.122. The summed E-state index contributed by atoms with van der Waals surface area (Å²) < 4.78 is 27.3. The molecule has 1 aliphatic heterocycles. The number of anilines is 2. The number of carbonyl (C=O) groups is 2. The Morgan fingerprint density at radius 3 is 2.73 bits per heavy atom. The van der Waals surface area contributed by atoms with E-state index in [1.54, 1.807) is 0 Å². The number of rotatable bonds is 6. The van der Waals surface area contributed by atoms with Gasteiger partial charge < -0.3 is 10.2 Å². The number of hydrogen-bond donors (Lipinski definition) is 1. The van der Waals surface area contributed by atoms with Gasteiger partial charge in [0.2, 0.25) is 16.9 Å². The quantitative estimate of drug-likeness (QED) is 0.456. The molecule has 1 N–H and O–H groups in total. The lowest BCUT2D eigenvalue weighted by atomic mass is 10.1. The first-order valence-electron chi connectivity index (χ1n) is 9.06. The lowest BCUT2D eigenvalue weighted by Gasteiger charge is -2.16. The molecule has 0 bridgehead atoms. The summed E-state index contributed by atoms with van der Waals surface area (Å²) >= 11 is 2.78. The molecule has 1 saturated heterocycles. The maximum atomic E-state index is 13.5. The van der Waals surface area contributed by atoms with Gasteiger partial charge in [-0.15, -0.1) is 10.2 Å². The lowest BCUT2D eigenvalue weighted by Crippen LogP contribution is -2.28. The van der Waals surface area contributed by atoms with Gasteiger partial charge in [-0.25, -0.2) is 8.78 Å². The van der Waals surface area contributed by atoms with Crippen LogP contribution >= 0.6 is 23.1 Å². The van der Waals surface area contributed by atoms with E-state index < -0.39 is 17.6 Å². The third-order valence-electron chi connectivity index (χ3n) is 4.55. The summed E-state index contributed by atoms with van der Waals surface area (Å²) in [5, 5.41) is 11.1. The van der Waals surface area contributed by atoms with E-state index in [9.17, 15) is 18.4 Å². The smallest absolute Gasteiger partial charge is 0.231 e. The van der Waals surface area contributed by atoms with Crippen LogP contribution in [0, 0.1) is 17.6 Å². The molecule has 0 radical (unpaired) electrons. The second-order valence-electron chi connectivity index (χ2n) is 6.64. The van der Waals surface area contributed by atoms with E-state index >= 15 is 0 Å². The zero-order valence-corrected chi connectivity index (χ0v) is 17.2. The first-order valence-corrected chi connectivity index (χ1v) is 10.9. The maximum absolute atomic E-state index is 13.5. The fourth-order valence-electron chi connectivity index (χ4n) is 3.03. The third kappa shape index (κ3) is 4.65. The average Bonchev–Trinajstić information content (AvgIpc) is 3.36. The Morgan fingerprint density at radius 2 is 1.97 bits per heavy atom. The number of amides is 2. The normalized spacial score (nSPS) is 16.1. The highest BCUT2D eigenvalue weighted by atomic mass is 32.2. The van der Waals surface area contributed by atoms with Gasteiger partial charge in [0.1, 0.15) is 0 Å². The van der Waals surface area contributed by atoms with Gasteiger partial charge in [-0.1, -0.05) is 53.4 Å². The number of carbonyl (C=O) groups excluding carboxylic acids is 2. The Morgan fingerprint density at radius 1 is 1.17 bits per heavy atom. The van der Waals surface area contributed by atoms with Gasteiger partial charge in [0, 0.05) is 30.5 Å². The van der Waals surface area contributed by atoms with Gasteiger partial charge in [0.15, 0.2) is 16.0 Å². The van der Waals surface area contributed by atoms with E-state index in [0.29, 0.717) is 5.13 Å². The number of halogens is 2. The highest BCUT2D eigenvalue weighted by molar-refractivity contribution is 8.00. The molecule has 1 aromatic heterocycles. The first kappa shape index (κ1) is 20.4. The van der Waals surface area contributed by atoms with Crippen molar-refractivity contribution < 1.29 is 18.4 Å². The van der Waals surface area contributed by atoms with E-state index in [4.69, 9.17) is 0 Å². The maximum Gasteiger partial charge on any atom is 0.231 e. The molecular weight excluding hydrogens is 430 g/mol. The molecule has 6 nitrogen and oxygen atoms in total. The fraction of sp³-hybridized carbons (Fsp3) is 0.200. The highest BCUT2D eigenvalue weighted by Gasteiger charge is 2.35. The molecule has 10 heteroatoms. The van der Waals surface area contributed by atoms with Crippen LogP contribution in [-0.2, 0) is 15.3 Å². The molecular formula is C20H16F2N4O2S2. The summed E-state index contributed by atoms with van der Waals surface area (Å²) in [6, 6.07) is 13.2. The summed E-state index contributed by atoms with van der Waals surface area (Å²) in [5.74, 6) is -2.58. The zero-order chi connectivity index (χ0) is 21.1. The van der Waals surface area contributed by atoms with Crippen molar-refractivity contribution in [3.63, 3.8) is 0 Å². The predicted octanol–water partition coefficient (Wildman–Crippen LogP) is 4.10. The molecule has 0 spiro atoms. The van der Waals surface area contributed by atoms with Gasteiger partial charge in [-0.2, -0.15) is 0 Å². The van der Waals surface area contributed by atoms with Crippen LogP contribution in [0.25, 0.3) is 0 Å². The van der Waals surface area contributed by atoms with E-state index in [0.717, 1.165) is 27.8 Å². The molecule has 0 saturated carbocycles. The van der Waals surface area contributed by atoms with E-state index in [1.165, 1.54) is 34.1 Å². The average molecular weight is 447 g/mol. The number of thioether (sulfide) groups is 1. The molecule has 1 fully saturated rings. The Bertz CT molecular complexity index is 1080. The van der Waals surface area contributed by atoms with Crippen molar-refractivity contribution in [3.05, 3.63) is 65.7 Å². The van der Waals surface area contributed by atoms with E-state index in [-0.39, 0.29) is 30.5 Å². The van der Waals surface area contributed by atoms with Crippen LogP contribution in [0.5, 0.6) is 0 Å². The Hall–Kier alpha value is -2.85. The topological polar surface area (TPSA) is 75.2 Å². The van der Waals surface area contributed by atoms with Gasteiger partial charge in [0.25, 0.3) is 0 Å². The zero-order valence-electron chi connectivity index (χ0n) is 15.5. The molecule has 2 heterocycles. The number of benzene rings is 2. The van der Waals surface area contributed by atoms with Crippen LogP contribution < -0.4 is 10.2 Å². The minimum Gasteiger partial charge on any atom is -0.311 e. The Balaban J connectivity index is 1.34. The molecule has 3 aromatic rings. The van der Waals surface area contributed by atoms with Crippen LogP contribution in [-0.4, -0.2) is 28.6 Å². The summed E-state index contributed by atoms with van der Waals surface area (Å²) in [7, 11) is 0. The molecule has 1 atom stereocenters. The van der Waals surface area contributed by atoms with Crippen molar-refractivity contribution in [2.45, 2.75) is 16.5 Å². The van der Waals surface area contributed by atoms with Crippen molar-refractivity contribution in [2.75, 3.05) is 16.8 Å². The molecule has 154 valence electrons. The summed E-state index contributed by atoms with van der Waals surface area (Å²) in [6.45, 7) is 0.0875. The van der Waals surface area contributed by atoms with Crippen LogP contribution in [0.3, 0.4) is 0 Å². The van der Waals surface area contributed by atoms with Crippen molar-refractivity contribution >= 4 is 45.7 Å². The second-order valence-corrected chi connectivity index (χ2v) is 8.84. The molecule has 1 aliphatic rings.